The lowest BCUT2D eigenvalue weighted by molar-refractivity contribution is 0.413. The minimum absolute atomic E-state index is 0.0635. The molecular formula is C15H20ClN3O. The topological polar surface area (TPSA) is 58.7 Å². The molecule has 1 aromatic rings. The van der Waals surface area contributed by atoms with Gasteiger partial charge in [-0.2, -0.15) is 5.26 Å². The number of halogens is 1. The lowest BCUT2D eigenvalue weighted by atomic mass is 9.89. The van der Waals surface area contributed by atoms with Crippen molar-refractivity contribution in [1.82, 2.24) is 9.55 Å². The molecule has 0 atom stereocenters. The second-order valence-corrected chi connectivity index (χ2v) is 6.54. The number of nitrogens with zero attached hydrogens (tertiary/aromatic N) is 3. The normalized spacial score (nSPS) is 15.1. The molecule has 5 heteroatoms. The van der Waals surface area contributed by atoms with Gasteiger partial charge in [-0.15, -0.1) is 0 Å². The van der Waals surface area contributed by atoms with Gasteiger partial charge in [-0.1, -0.05) is 18.0 Å². The average molecular weight is 294 g/mol. The maximum absolute atomic E-state index is 12.0. The summed E-state index contributed by atoms with van der Waals surface area (Å²) in [6.07, 6.45) is 4.84. The lowest BCUT2D eigenvalue weighted by Gasteiger charge is -2.15. The van der Waals surface area contributed by atoms with E-state index >= 15 is 0 Å². The summed E-state index contributed by atoms with van der Waals surface area (Å²) in [6, 6.07) is 3.68. The Balaban J connectivity index is 2.00. The lowest BCUT2D eigenvalue weighted by Crippen LogP contribution is -2.24. The molecule has 0 unspecified atom stereocenters. The third-order valence-electron chi connectivity index (χ3n) is 3.69. The van der Waals surface area contributed by atoms with Crippen molar-refractivity contribution in [3.05, 3.63) is 27.4 Å². The molecule has 0 aliphatic heterocycles. The van der Waals surface area contributed by atoms with Crippen molar-refractivity contribution in [2.24, 2.45) is 5.41 Å². The van der Waals surface area contributed by atoms with E-state index in [1.54, 1.807) is 4.57 Å². The van der Waals surface area contributed by atoms with Gasteiger partial charge in [-0.3, -0.25) is 9.36 Å². The molecule has 1 saturated carbocycles. The quantitative estimate of drug-likeness (QED) is 0.596. The molecule has 0 radical (unpaired) electrons. The molecule has 1 heterocycles. The molecule has 1 aromatic heterocycles. The van der Waals surface area contributed by atoms with Crippen molar-refractivity contribution in [2.75, 3.05) is 0 Å². The van der Waals surface area contributed by atoms with Crippen LogP contribution in [0.5, 0.6) is 0 Å². The average Bonchev–Trinajstić information content (AvgIpc) is 3.20. The van der Waals surface area contributed by atoms with E-state index in [1.807, 2.05) is 13.8 Å². The maximum atomic E-state index is 12.0. The Morgan fingerprint density at radius 1 is 1.50 bits per heavy atom. The summed E-state index contributed by atoms with van der Waals surface area (Å²) in [5.41, 5.74) is -0.353. The zero-order valence-electron chi connectivity index (χ0n) is 12.0. The first-order valence-electron chi connectivity index (χ1n) is 7.11. The van der Waals surface area contributed by atoms with Crippen LogP contribution in [-0.4, -0.2) is 9.55 Å². The van der Waals surface area contributed by atoms with Crippen LogP contribution < -0.4 is 5.56 Å². The molecule has 0 aromatic carbocycles. The van der Waals surface area contributed by atoms with E-state index in [1.165, 1.54) is 6.07 Å². The highest BCUT2D eigenvalue weighted by atomic mass is 35.5. The van der Waals surface area contributed by atoms with Crippen LogP contribution in [0.1, 0.15) is 57.7 Å². The Kier molecular flexibility index (Phi) is 4.49. The standard InChI is InChI=1S/C15H20ClN3O/c1-15(2,10-17)7-3-4-8-19-13(20)9-12(16)18-14(19)11-5-6-11/h9,11H,3-8H2,1-2H3. The second kappa shape index (κ2) is 5.97. The van der Waals surface area contributed by atoms with Gasteiger partial charge in [-0.25, -0.2) is 4.98 Å². The summed E-state index contributed by atoms with van der Waals surface area (Å²) in [5.74, 6) is 1.24. The summed E-state index contributed by atoms with van der Waals surface area (Å²) in [7, 11) is 0. The van der Waals surface area contributed by atoms with Crippen LogP contribution in [0, 0.1) is 16.7 Å². The van der Waals surface area contributed by atoms with Gasteiger partial charge in [0.2, 0.25) is 0 Å². The zero-order valence-corrected chi connectivity index (χ0v) is 12.8. The maximum Gasteiger partial charge on any atom is 0.254 e. The smallest absolute Gasteiger partial charge is 0.254 e. The van der Waals surface area contributed by atoms with Crippen LogP contribution in [0.25, 0.3) is 0 Å². The summed E-state index contributed by atoms with van der Waals surface area (Å²) >= 11 is 5.87. The van der Waals surface area contributed by atoms with E-state index in [-0.39, 0.29) is 11.0 Å². The second-order valence-electron chi connectivity index (χ2n) is 6.15. The Hall–Kier alpha value is -1.34. The predicted octanol–water partition coefficient (Wildman–Crippen LogP) is 3.49. The molecule has 0 amide bonds. The highest BCUT2D eigenvalue weighted by Crippen LogP contribution is 2.38. The Morgan fingerprint density at radius 2 is 2.20 bits per heavy atom. The first-order valence-corrected chi connectivity index (χ1v) is 7.49. The van der Waals surface area contributed by atoms with Crippen LogP contribution in [0.15, 0.2) is 10.9 Å². The van der Waals surface area contributed by atoms with E-state index in [0.29, 0.717) is 17.6 Å². The molecule has 108 valence electrons. The molecule has 4 nitrogen and oxygen atoms in total. The molecule has 1 fully saturated rings. The van der Waals surface area contributed by atoms with E-state index in [0.717, 1.165) is 37.9 Å². The molecule has 0 saturated heterocycles. The molecular weight excluding hydrogens is 274 g/mol. The van der Waals surface area contributed by atoms with Gasteiger partial charge in [-0.05, 0) is 39.5 Å². The monoisotopic (exact) mass is 293 g/mol. The number of rotatable bonds is 6. The van der Waals surface area contributed by atoms with Gasteiger partial charge < -0.3 is 0 Å². The molecule has 0 spiro atoms. The van der Waals surface area contributed by atoms with E-state index in [4.69, 9.17) is 16.9 Å². The first kappa shape index (κ1) is 15.1. The largest absolute Gasteiger partial charge is 0.296 e. The zero-order chi connectivity index (χ0) is 14.8. The van der Waals surface area contributed by atoms with Gasteiger partial charge in [0.25, 0.3) is 5.56 Å². The fraction of sp³-hybridized carbons (Fsp3) is 0.667. The number of unbranched alkanes of at least 4 members (excludes halogenated alkanes) is 1. The molecule has 0 bridgehead atoms. The summed E-state index contributed by atoms with van der Waals surface area (Å²) < 4.78 is 1.75. The Morgan fingerprint density at radius 3 is 2.80 bits per heavy atom. The van der Waals surface area contributed by atoms with Gasteiger partial charge in [0.05, 0.1) is 11.5 Å². The SMILES string of the molecule is CC(C)(C#N)CCCCn1c(C2CC2)nc(Cl)cc1=O. The molecule has 1 aliphatic rings. The first-order chi connectivity index (χ1) is 9.43. The molecule has 1 aliphatic carbocycles. The number of aromatic nitrogens is 2. The van der Waals surface area contributed by atoms with Crippen molar-refractivity contribution in [2.45, 2.75) is 58.4 Å². The van der Waals surface area contributed by atoms with Crippen LogP contribution in [0.3, 0.4) is 0 Å². The van der Waals surface area contributed by atoms with Gasteiger partial charge in [0.15, 0.2) is 0 Å². The van der Waals surface area contributed by atoms with Crippen molar-refractivity contribution in [3.63, 3.8) is 0 Å². The van der Waals surface area contributed by atoms with Gasteiger partial charge in [0, 0.05) is 18.5 Å². The summed E-state index contributed by atoms with van der Waals surface area (Å²) in [5, 5.41) is 9.27. The van der Waals surface area contributed by atoms with Gasteiger partial charge >= 0.3 is 0 Å². The van der Waals surface area contributed by atoms with E-state index in [9.17, 15) is 4.79 Å². The summed E-state index contributed by atoms with van der Waals surface area (Å²) in [4.78, 5) is 16.3. The van der Waals surface area contributed by atoms with Crippen LogP contribution in [0.4, 0.5) is 0 Å². The molecule has 2 rings (SSSR count). The highest BCUT2D eigenvalue weighted by molar-refractivity contribution is 6.29. The van der Waals surface area contributed by atoms with E-state index < -0.39 is 0 Å². The number of nitriles is 1. The van der Waals surface area contributed by atoms with Gasteiger partial charge in [0.1, 0.15) is 11.0 Å². The third kappa shape index (κ3) is 3.83. The minimum atomic E-state index is -0.289. The predicted molar refractivity (Wildman–Crippen MR) is 78.7 cm³/mol. The Bertz CT molecular complexity index is 582. The summed E-state index contributed by atoms with van der Waals surface area (Å²) in [6.45, 7) is 4.55. The fourth-order valence-electron chi connectivity index (χ4n) is 2.27. The van der Waals surface area contributed by atoms with Crippen molar-refractivity contribution in [1.29, 1.82) is 5.26 Å². The third-order valence-corrected chi connectivity index (χ3v) is 3.88. The molecule has 20 heavy (non-hydrogen) atoms. The minimum Gasteiger partial charge on any atom is -0.296 e. The Labute approximate surface area is 124 Å². The van der Waals surface area contributed by atoms with Crippen molar-refractivity contribution in [3.8, 4) is 6.07 Å². The van der Waals surface area contributed by atoms with Crippen molar-refractivity contribution >= 4 is 11.6 Å². The molecule has 0 N–H and O–H groups in total. The van der Waals surface area contributed by atoms with Crippen LogP contribution in [-0.2, 0) is 6.54 Å². The van der Waals surface area contributed by atoms with Crippen molar-refractivity contribution < 1.29 is 0 Å². The van der Waals surface area contributed by atoms with Crippen LogP contribution >= 0.6 is 11.6 Å². The fourth-order valence-corrected chi connectivity index (χ4v) is 2.45. The van der Waals surface area contributed by atoms with Crippen LogP contribution in [0.2, 0.25) is 5.15 Å². The van der Waals surface area contributed by atoms with E-state index in [2.05, 4.69) is 11.1 Å². The highest BCUT2D eigenvalue weighted by Gasteiger charge is 2.28. The number of hydrogen-bond donors (Lipinski definition) is 0. The number of hydrogen-bond acceptors (Lipinski definition) is 3.